The Labute approximate surface area is 122 Å². The third kappa shape index (κ3) is 5.19. The zero-order valence-electron chi connectivity index (χ0n) is 9.26. The molecule has 0 aromatic heterocycles. The van der Waals surface area contributed by atoms with Gasteiger partial charge < -0.3 is 0 Å². The average Bonchev–Trinajstić information content (AvgIpc) is 2.26. The fourth-order valence-electron chi connectivity index (χ4n) is 1.10. The van der Waals surface area contributed by atoms with Gasteiger partial charge in [-0.05, 0) is 23.9 Å². The summed E-state index contributed by atoms with van der Waals surface area (Å²) in [6.07, 6.45) is 0. The van der Waals surface area contributed by atoms with Crippen LogP contribution in [0.2, 0.25) is 5.02 Å². The molecule has 0 aliphatic rings. The second-order valence-corrected chi connectivity index (χ2v) is 6.48. The van der Waals surface area contributed by atoms with Gasteiger partial charge in [-0.2, -0.15) is 21.6 Å². The van der Waals surface area contributed by atoms with Crippen molar-refractivity contribution >= 4 is 42.2 Å². The first kappa shape index (κ1) is 17.7. The monoisotopic (exact) mass is 368 g/mol. The molecule has 0 unspecified atom stereocenters. The molecule has 0 saturated heterocycles. The molecule has 0 aliphatic heterocycles. The molecule has 1 aromatic rings. The van der Waals surface area contributed by atoms with Gasteiger partial charge >= 0.3 is 24.3 Å². The third-order valence-electron chi connectivity index (χ3n) is 1.72. The smallest absolute Gasteiger partial charge is 0.265 e. The zero-order valence-corrected chi connectivity index (χ0v) is 12.5. The van der Waals surface area contributed by atoms with Crippen molar-refractivity contribution in [2.75, 3.05) is 6.79 Å². The van der Waals surface area contributed by atoms with Gasteiger partial charge in [0, 0.05) is 4.90 Å². The molecule has 0 atom stereocenters. The Morgan fingerprint density at radius 3 is 2.55 bits per heavy atom. The van der Waals surface area contributed by atoms with Crippen LogP contribution >= 0.6 is 32.0 Å². The molecule has 12 heteroatoms. The van der Waals surface area contributed by atoms with Gasteiger partial charge in [0.05, 0.1) is 5.02 Å². The second-order valence-electron chi connectivity index (χ2n) is 3.01. The van der Waals surface area contributed by atoms with Crippen LogP contribution in [0.25, 0.3) is 0 Å². The third-order valence-corrected chi connectivity index (χ3v) is 4.62. The van der Waals surface area contributed by atoms with Gasteiger partial charge in [0.2, 0.25) is 0 Å². The maximum atomic E-state index is 12.4. The van der Waals surface area contributed by atoms with Crippen LogP contribution in [0, 0.1) is 0 Å². The van der Waals surface area contributed by atoms with E-state index in [0.29, 0.717) is 0 Å². The molecule has 0 bridgehead atoms. The summed E-state index contributed by atoms with van der Waals surface area (Å²) < 4.78 is 79.0. The minimum atomic E-state index is -4.70. The number of benzene rings is 1. The number of hydrogen-bond donors (Lipinski definition) is 0. The maximum Gasteiger partial charge on any atom is 0.446 e. The Kier molecular flexibility index (Phi) is 6.24. The number of halogens is 4. The lowest BCUT2D eigenvalue weighted by Crippen LogP contribution is -2.11. The Bertz CT molecular complexity index is 592. The summed E-state index contributed by atoms with van der Waals surface area (Å²) in [4.78, 5) is -1.46. The number of thioether (sulfide) groups is 1. The molecule has 1 aromatic carbocycles. The highest BCUT2D eigenvalue weighted by Gasteiger charge is 2.34. The van der Waals surface area contributed by atoms with Gasteiger partial charge in [-0.3, -0.25) is 4.52 Å². The fraction of sp³-hybridized carbons (Fsp3) is 0.250. The molecule has 0 spiro atoms. The van der Waals surface area contributed by atoms with E-state index in [2.05, 4.69) is 8.71 Å². The Balaban J connectivity index is 3.18. The summed E-state index contributed by atoms with van der Waals surface area (Å²) in [5.41, 5.74) is -4.70. The minimum Gasteiger partial charge on any atom is -0.265 e. The van der Waals surface area contributed by atoms with E-state index < -0.39 is 57.7 Å². The highest BCUT2D eigenvalue weighted by molar-refractivity contribution is 8.00. The van der Waals surface area contributed by atoms with Crippen LogP contribution in [0.1, 0.15) is 0 Å². The molecule has 20 heavy (non-hydrogen) atoms. The van der Waals surface area contributed by atoms with E-state index in [1.165, 1.54) is 6.07 Å². The molecule has 0 saturated carbocycles. The van der Waals surface area contributed by atoms with Crippen molar-refractivity contribution in [2.45, 2.75) is 15.3 Å². The molecule has 0 amide bonds. The molecular formula is C8H5ClF3O5PS2. The summed E-state index contributed by atoms with van der Waals surface area (Å²) in [6.45, 7) is -0.922. The summed E-state index contributed by atoms with van der Waals surface area (Å²) in [6, 6.07) is 3.21. The molecule has 0 N–H and O–H groups in total. The SMILES string of the molecule is O=POCOS(=O)(=O)c1c(Cl)cccc1SC(F)(F)F. The molecule has 5 nitrogen and oxygen atoms in total. The Morgan fingerprint density at radius 2 is 2.00 bits per heavy atom. The minimum absolute atomic E-state index is 0.432. The molecule has 0 aliphatic carbocycles. The normalized spacial score (nSPS) is 12.8. The van der Waals surface area contributed by atoms with Gasteiger partial charge in [0.1, 0.15) is 4.90 Å². The van der Waals surface area contributed by atoms with Crippen molar-refractivity contribution < 1.29 is 34.9 Å². The first-order chi connectivity index (χ1) is 9.17. The van der Waals surface area contributed by atoms with Crippen molar-refractivity contribution in [1.29, 1.82) is 0 Å². The Hall–Kier alpha value is -0.380. The van der Waals surface area contributed by atoms with Crippen LogP contribution in [-0.4, -0.2) is 20.7 Å². The van der Waals surface area contributed by atoms with E-state index in [0.717, 1.165) is 12.1 Å². The molecule has 112 valence electrons. The highest BCUT2D eigenvalue weighted by Crippen LogP contribution is 2.42. The van der Waals surface area contributed by atoms with Gasteiger partial charge in [0.25, 0.3) is 0 Å². The first-order valence-corrected chi connectivity index (χ1v) is 7.89. The summed E-state index contributed by atoms with van der Waals surface area (Å²) in [5.74, 6) is 0. The predicted molar refractivity (Wildman–Crippen MR) is 65.2 cm³/mol. The first-order valence-electron chi connectivity index (χ1n) is 4.55. The van der Waals surface area contributed by atoms with Gasteiger partial charge in [0.15, 0.2) is 6.79 Å². The van der Waals surface area contributed by atoms with E-state index in [4.69, 9.17) is 11.6 Å². The lowest BCUT2D eigenvalue weighted by molar-refractivity contribution is -0.0328. The maximum absolute atomic E-state index is 12.4. The van der Waals surface area contributed by atoms with Crippen LogP contribution in [0.3, 0.4) is 0 Å². The van der Waals surface area contributed by atoms with Gasteiger partial charge in [-0.15, -0.1) is 0 Å². The predicted octanol–water partition coefficient (Wildman–Crippen LogP) is 3.84. The van der Waals surface area contributed by atoms with Crippen molar-refractivity contribution in [3.8, 4) is 0 Å². The number of alkyl halides is 3. The zero-order chi connectivity index (χ0) is 15.4. The Morgan fingerprint density at radius 1 is 1.35 bits per heavy atom. The summed E-state index contributed by atoms with van der Waals surface area (Å²) in [5, 5.41) is -0.432. The van der Waals surface area contributed by atoms with Crippen molar-refractivity contribution in [1.82, 2.24) is 0 Å². The van der Waals surface area contributed by atoms with Gasteiger partial charge in [-0.1, -0.05) is 17.7 Å². The van der Waals surface area contributed by atoms with Crippen LogP contribution in [0.4, 0.5) is 13.2 Å². The topological polar surface area (TPSA) is 69.7 Å². The summed E-state index contributed by atoms with van der Waals surface area (Å²) in [7, 11) is -5.42. The molecule has 1 rings (SSSR count). The van der Waals surface area contributed by atoms with Crippen molar-refractivity contribution in [2.24, 2.45) is 0 Å². The van der Waals surface area contributed by atoms with Gasteiger partial charge in [-0.25, -0.2) is 8.75 Å². The van der Waals surface area contributed by atoms with Crippen LogP contribution in [-0.2, 0) is 23.4 Å². The second kappa shape index (κ2) is 7.06. The largest absolute Gasteiger partial charge is 0.446 e. The van der Waals surface area contributed by atoms with Crippen LogP contribution in [0.15, 0.2) is 28.0 Å². The molecule has 0 radical (unpaired) electrons. The van der Waals surface area contributed by atoms with E-state index >= 15 is 0 Å². The summed E-state index contributed by atoms with van der Waals surface area (Å²) >= 11 is 4.97. The van der Waals surface area contributed by atoms with Crippen molar-refractivity contribution in [3.63, 3.8) is 0 Å². The number of hydrogen-bond acceptors (Lipinski definition) is 6. The van der Waals surface area contributed by atoms with E-state index in [1.54, 1.807) is 0 Å². The standard InChI is InChI=1S/C8H5ClF3O5PS2/c9-5-2-1-3-6(19-8(10,11)12)7(5)20(14,15)17-4-16-18-13/h1-3H,4H2. The molecular weight excluding hydrogens is 364 g/mol. The van der Waals surface area contributed by atoms with Crippen LogP contribution in [0.5, 0.6) is 0 Å². The molecule has 0 fully saturated rings. The van der Waals surface area contributed by atoms with E-state index in [-0.39, 0.29) is 0 Å². The lowest BCUT2D eigenvalue weighted by Gasteiger charge is -2.12. The van der Waals surface area contributed by atoms with E-state index in [1.807, 2.05) is 0 Å². The van der Waals surface area contributed by atoms with Crippen LogP contribution < -0.4 is 0 Å². The fourth-order valence-corrected chi connectivity index (χ4v) is 3.73. The quantitative estimate of drug-likeness (QED) is 0.250. The molecule has 0 heterocycles. The van der Waals surface area contributed by atoms with Crippen molar-refractivity contribution in [3.05, 3.63) is 23.2 Å². The van der Waals surface area contributed by atoms with E-state index in [9.17, 15) is 26.2 Å². The lowest BCUT2D eigenvalue weighted by atomic mass is 10.4. The highest BCUT2D eigenvalue weighted by atomic mass is 35.5. The average molecular weight is 369 g/mol. The number of rotatable bonds is 6.